The summed E-state index contributed by atoms with van der Waals surface area (Å²) in [5, 5.41) is 8.91. The van der Waals surface area contributed by atoms with E-state index >= 15 is 0 Å². The molecule has 7 heteroatoms. The van der Waals surface area contributed by atoms with Crippen LogP contribution in [0.15, 0.2) is 63.7 Å². The molecule has 1 amide bonds. The van der Waals surface area contributed by atoms with Gasteiger partial charge in [0.2, 0.25) is 9.84 Å². The smallest absolute Gasteiger partial charge is 0.251 e. The van der Waals surface area contributed by atoms with Crippen LogP contribution in [0.4, 0.5) is 0 Å². The SMILES string of the molecule is O=C(N[C@@H]1C[C@H]2CC[C@@H]1N2)c1ccc2scc(S(=O)(=O)c3ccccc3)c2c1. The van der Waals surface area contributed by atoms with Gasteiger partial charge in [-0.2, -0.15) is 0 Å². The van der Waals surface area contributed by atoms with E-state index in [1.165, 1.54) is 17.8 Å². The van der Waals surface area contributed by atoms with E-state index in [1.54, 1.807) is 47.8 Å². The van der Waals surface area contributed by atoms with Gasteiger partial charge in [-0.3, -0.25) is 4.79 Å². The van der Waals surface area contributed by atoms with Gasteiger partial charge in [-0.15, -0.1) is 11.3 Å². The number of benzene rings is 2. The van der Waals surface area contributed by atoms with Crippen LogP contribution in [0.25, 0.3) is 10.1 Å². The van der Waals surface area contributed by atoms with Crippen molar-refractivity contribution in [3.05, 3.63) is 59.5 Å². The van der Waals surface area contributed by atoms with Crippen LogP contribution in [0, 0.1) is 0 Å². The van der Waals surface area contributed by atoms with Gasteiger partial charge in [-0.1, -0.05) is 18.2 Å². The monoisotopic (exact) mass is 412 g/mol. The van der Waals surface area contributed by atoms with Crippen LogP contribution in [0.1, 0.15) is 29.6 Å². The largest absolute Gasteiger partial charge is 0.348 e. The third-order valence-electron chi connectivity index (χ3n) is 5.76. The van der Waals surface area contributed by atoms with Crippen molar-refractivity contribution in [3.63, 3.8) is 0 Å². The highest BCUT2D eigenvalue weighted by molar-refractivity contribution is 7.92. The second-order valence-electron chi connectivity index (χ2n) is 7.49. The first-order chi connectivity index (χ1) is 13.5. The standard InChI is InChI=1S/C21H20N2O3S2/c24-21(23-18-11-14-7-8-17(18)22-14)13-6-9-19-16(10-13)20(12-27-19)28(25,26)15-4-2-1-3-5-15/h1-6,9-10,12,14,17-18,22H,7-8,11H2,(H,23,24)/t14-,17+,18-/m1/s1. The summed E-state index contributed by atoms with van der Waals surface area (Å²) in [6.45, 7) is 0. The highest BCUT2D eigenvalue weighted by Crippen LogP contribution is 2.34. The second-order valence-corrected chi connectivity index (χ2v) is 10.3. The lowest BCUT2D eigenvalue weighted by atomic mass is 9.95. The minimum absolute atomic E-state index is 0.143. The fourth-order valence-electron chi connectivity index (χ4n) is 4.32. The zero-order chi connectivity index (χ0) is 19.3. The maximum atomic E-state index is 13.1. The summed E-state index contributed by atoms with van der Waals surface area (Å²) in [6.07, 6.45) is 3.24. The molecule has 0 aliphatic carbocycles. The van der Waals surface area contributed by atoms with Gasteiger partial charge in [-0.05, 0) is 49.6 Å². The topological polar surface area (TPSA) is 75.3 Å². The molecule has 1 aromatic heterocycles. The predicted molar refractivity (Wildman–Crippen MR) is 110 cm³/mol. The Bertz CT molecular complexity index is 1150. The Morgan fingerprint density at radius 2 is 1.93 bits per heavy atom. The molecular weight excluding hydrogens is 392 g/mol. The van der Waals surface area contributed by atoms with Gasteiger partial charge in [0.1, 0.15) is 0 Å². The van der Waals surface area contributed by atoms with Crippen molar-refractivity contribution in [2.75, 3.05) is 0 Å². The molecule has 2 bridgehead atoms. The van der Waals surface area contributed by atoms with Crippen molar-refractivity contribution in [3.8, 4) is 0 Å². The Kier molecular flexibility index (Phi) is 4.26. The van der Waals surface area contributed by atoms with Crippen molar-refractivity contribution >= 4 is 37.2 Å². The van der Waals surface area contributed by atoms with E-state index in [1.807, 2.05) is 6.07 Å². The first-order valence-corrected chi connectivity index (χ1v) is 11.8. The molecule has 3 heterocycles. The highest BCUT2D eigenvalue weighted by atomic mass is 32.2. The van der Waals surface area contributed by atoms with Crippen LogP contribution in [-0.2, 0) is 9.84 Å². The van der Waals surface area contributed by atoms with Gasteiger partial charge in [0, 0.05) is 39.2 Å². The number of amides is 1. The maximum absolute atomic E-state index is 13.1. The van der Waals surface area contributed by atoms with E-state index in [2.05, 4.69) is 10.6 Å². The summed E-state index contributed by atoms with van der Waals surface area (Å²) >= 11 is 1.38. The molecule has 2 aliphatic rings. The van der Waals surface area contributed by atoms with Gasteiger partial charge < -0.3 is 10.6 Å². The van der Waals surface area contributed by atoms with Crippen molar-refractivity contribution < 1.29 is 13.2 Å². The number of sulfone groups is 1. The van der Waals surface area contributed by atoms with Crippen molar-refractivity contribution in [2.45, 2.75) is 47.2 Å². The Hall–Kier alpha value is -2.22. The van der Waals surface area contributed by atoms with Crippen molar-refractivity contribution in [2.24, 2.45) is 0 Å². The van der Waals surface area contributed by atoms with Gasteiger partial charge in [0.05, 0.1) is 9.79 Å². The van der Waals surface area contributed by atoms with E-state index in [0.717, 1.165) is 17.5 Å². The lowest BCUT2D eigenvalue weighted by molar-refractivity contribution is 0.0931. The Morgan fingerprint density at radius 1 is 1.11 bits per heavy atom. The first kappa shape index (κ1) is 17.8. The minimum atomic E-state index is -3.63. The second kappa shape index (κ2) is 6.69. The fraction of sp³-hybridized carbons (Fsp3) is 0.286. The lowest BCUT2D eigenvalue weighted by Gasteiger charge is -2.21. The molecular formula is C21H20N2O3S2. The van der Waals surface area contributed by atoms with Crippen molar-refractivity contribution in [1.29, 1.82) is 0 Å². The quantitative estimate of drug-likeness (QED) is 0.689. The molecule has 144 valence electrons. The zero-order valence-electron chi connectivity index (χ0n) is 15.1. The summed E-state index contributed by atoms with van der Waals surface area (Å²) in [5.41, 5.74) is 0.498. The van der Waals surface area contributed by atoms with E-state index < -0.39 is 9.84 Å². The average Bonchev–Trinajstić information content (AvgIpc) is 3.43. The molecule has 3 atom stereocenters. The summed E-state index contributed by atoms with van der Waals surface area (Å²) in [7, 11) is -3.63. The molecule has 5 rings (SSSR count). The molecule has 5 nitrogen and oxygen atoms in total. The molecule has 2 fully saturated rings. The number of fused-ring (bicyclic) bond motifs is 3. The van der Waals surface area contributed by atoms with E-state index in [9.17, 15) is 13.2 Å². The van der Waals surface area contributed by atoms with E-state index in [0.29, 0.717) is 23.0 Å². The molecule has 0 spiro atoms. The van der Waals surface area contributed by atoms with Gasteiger partial charge in [0.15, 0.2) is 0 Å². The van der Waals surface area contributed by atoms with Gasteiger partial charge >= 0.3 is 0 Å². The molecule has 0 radical (unpaired) electrons. The van der Waals surface area contributed by atoms with E-state index in [4.69, 9.17) is 0 Å². The van der Waals surface area contributed by atoms with Crippen LogP contribution < -0.4 is 10.6 Å². The summed E-state index contributed by atoms with van der Waals surface area (Å²) in [4.78, 5) is 13.3. The van der Waals surface area contributed by atoms with Crippen LogP contribution >= 0.6 is 11.3 Å². The summed E-state index contributed by atoms with van der Waals surface area (Å²) < 4.78 is 27.0. The normalized spacial score (nSPS) is 23.9. The number of nitrogens with one attached hydrogen (secondary N) is 2. The fourth-order valence-corrected chi connectivity index (χ4v) is 7.06. The number of carbonyl (C=O) groups is 1. The third-order valence-corrected chi connectivity index (χ3v) is 8.68. The average molecular weight is 413 g/mol. The maximum Gasteiger partial charge on any atom is 0.251 e. The lowest BCUT2D eigenvalue weighted by Crippen LogP contribution is -2.42. The molecule has 0 saturated carbocycles. The Balaban J connectivity index is 1.48. The number of hydrogen-bond donors (Lipinski definition) is 2. The number of rotatable bonds is 4. The molecule has 3 aromatic rings. The highest BCUT2D eigenvalue weighted by Gasteiger charge is 2.39. The van der Waals surface area contributed by atoms with E-state index in [-0.39, 0.29) is 21.7 Å². The predicted octanol–water partition coefficient (Wildman–Crippen LogP) is 3.36. The third kappa shape index (κ3) is 2.94. The number of carbonyl (C=O) groups excluding carboxylic acids is 1. The van der Waals surface area contributed by atoms with Crippen LogP contribution in [-0.4, -0.2) is 32.5 Å². The Labute approximate surface area is 167 Å². The minimum Gasteiger partial charge on any atom is -0.348 e. The molecule has 2 aromatic carbocycles. The molecule has 28 heavy (non-hydrogen) atoms. The first-order valence-electron chi connectivity index (χ1n) is 9.41. The molecule has 2 aliphatic heterocycles. The van der Waals surface area contributed by atoms with Gasteiger partial charge in [0.25, 0.3) is 5.91 Å². The number of thiophene rings is 1. The molecule has 2 saturated heterocycles. The van der Waals surface area contributed by atoms with Crippen LogP contribution in [0.3, 0.4) is 0 Å². The molecule has 0 unspecified atom stereocenters. The molecule has 2 N–H and O–H groups in total. The Morgan fingerprint density at radius 3 is 2.64 bits per heavy atom. The van der Waals surface area contributed by atoms with Crippen LogP contribution in [0.5, 0.6) is 0 Å². The summed E-state index contributed by atoms with van der Waals surface area (Å²) in [6, 6.07) is 14.7. The van der Waals surface area contributed by atoms with Crippen molar-refractivity contribution in [1.82, 2.24) is 10.6 Å². The van der Waals surface area contributed by atoms with Crippen LogP contribution in [0.2, 0.25) is 0 Å². The zero-order valence-corrected chi connectivity index (χ0v) is 16.7. The number of hydrogen-bond acceptors (Lipinski definition) is 5. The summed E-state index contributed by atoms with van der Waals surface area (Å²) in [5.74, 6) is -0.143. The van der Waals surface area contributed by atoms with Gasteiger partial charge in [-0.25, -0.2) is 8.42 Å².